The largest absolute Gasteiger partial charge is 0.466 e. The van der Waals surface area contributed by atoms with Crippen molar-refractivity contribution in [2.75, 3.05) is 7.11 Å². The Morgan fingerprint density at radius 3 is 2.88 bits per heavy atom. The van der Waals surface area contributed by atoms with Gasteiger partial charge < -0.3 is 10.1 Å². The minimum atomic E-state index is -0.646. The number of carbonyl (C=O) groups excluding carboxylic acids is 1. The van der Waals surface area contributed by atoms with Crippen LogP contribution < -0.4 is 5.32 Å². The number of allylic oxidation sites excluding steroid dienone is 1. The molecule has 1 aliphatic rings. The Balaban J connectivity index is 2.14. The molecule has 9 heteroatoms. The van der Waals surface area contributed by atoms with Gasteiger partial charge in [-0.3, -0.25) is 4.99 Å². The van der Waals surface area contributed by atoms with Gasteiger partial charge in [-0.25, -0.2) is 9.18 Å². The van der Waals surface area contributed by atoms with E-state index in [1.807, 2.05) is 0 Å². The molecule has 1 N–H and O–H groups in total. The van der Waals surface area contributed by atoms with Crippen molar-refractivity contribution in [1.82, 2.24) is 15.5 Å². The summed E-state index contributed by atoms with van der Waals surface area (Å²) in [5, 5.41) is 11.5. The highest BCUT2D eigenvalue weighted by Gasteiger charge is 2.32. The van der Waals surface area contributed by atoms with Gasteiger partial charge in [0, 0.05) is 10.2 Å². The van der Waals surface area contributed by atoms with Crippen LogP contribution in [0.2, 0.25) is 0 Å². The Morgan fingerprint density at radius 1 is 1.46 bits per heavy atom. The number of methoxy groups -OCH3 is 1. The Labute approximate surface area is 149 Å². The van der Waals surface area contributed by atoms with Gasteiger partial charge in [0.05, 0.1) is 12.7 Å². The van der Waals surface area contributed by atoms with Crippen LogP contribution in [0.25, 0.3) is 0 Å². The Morgan fingerprint density at radius 2 is 2.25 bits per heavy atom. The lowest BCUT2D eigenvalue weighted by atomic mass is 9.96. The summed E-state index contributed by atoms with van der Waals surface area (Å²) in [7, 11) is 1.31. The summed E-state index contributed by atoms with van der Waals surface area (Å²) in [6.07, 6.45) is 0. The van der Waals surface area contributed by atoms with Gasteiger partial charge in [0.2, 0.25) is 0 Å². The first-order valence-corrected chi connectivity index (χ1v) is 8.54. The Hall–Kier alpha value is -2.13. The van der Waals surface area contributed by atoms with Crippen LogP contribution in [0, 0.1) is 5.82 Å². The molecule has 0 saturated heterocycles. The quantitative estimate of drug-likeness (QED) is 0.786. The fourth-order valence-corrected chi connectivity index (χ4v) is 3.46. The van der Waals surface area contributed by atoms with Crippen molar-refractivity contribution in [3.63, 3.8) is 0 Å². The predicted octanol–water partition coefficient (Wildman–Crippen LogP) is 2.98. The highest BCUT2D eigenvalue weighted by Crippen LogP contribution is 2.36. The summed E-state index contributed by atoms with van der Waals surface area (Å²) >= 11 is 4.66. The SMILES string of the molecule is COC(=O)C1=C(C)NC(c2nncs2)=NC1c1ccc(F)cc1Br. The summed E-state index contributed by atoms with van der Waals surface area (Å²) in [5.41, 5.74) is 3.21. The fourth-order valence-electron chi connectivity index (χ4n) is 2.38. The lowest BCUT2D eigenvalue weighted by molar-refractivity contribution is -0.136. The standard InChI is InChI=1S/C15H12BrFN4O2S/c1-7-11(15(22)23-2)12(9-4-3-8(17)5-10(9)16)20-13(19-7)14-21-18-6-24-14/h3-6,12H,1-2H3,(H,19,20). The van der Waals surface area contributed by atoms with Crippen molar-refractivity contribution in [3.8, 4) is 0 Å². The van der Waals surface area contributed by atoms with Crippen LogP contribution >= 0.6 is 27.3 Å². The molecule has 1 atom stereocenters. The second-order valence-corrected chi connectivity index (χ2v) is 6.63. The molecular formula is C15H12BrFN4O2S. The van der Waals surface area contributed by atoms with Crippen molar-refractivity contribution in [1.29, 1.82) is 0 Å². The van der Waals surface area contributed by atoms with Gasteiger partial charge in [0.25, 0.3) is 0 Å². The molecule has 0 amide bonds. The van der Waals surface area contributed by atoms with E-state index in [4.69, 9.17) is 4.74 Å². The number of carbonyl (C=O) groups is 1. The molecule has 1 aliphatic heterocycles. The van der Waals surface area contributed by atoms with Crippen LogP contribution in [0.3, 0.4) is 0 Å². The first-order chi connectivity index (χ1) is 11.5. The number of nitrogens with zero attached hydrogens (tertiary/aromatic N) is 3. The topological polar surface area (TPSA) is 76.5 Å². The molecule has 2 heterocycles. The smallest absolute Gasteiger partial charge is 0.338 e. The van der Waals surface area contributed by atoms with Crippen molar-refractivity contribution < 1.29 is 13.9 Å². The van der Waals surface area contributed by atoms with E-state index in [0.717, 1.165) is 0 Å². The van der Waals surface area contributed by atoms with Crippen molar-refractivity contribution in [3.05, 3.63) is 55.8 Å². The summed E-state index contributed by atoms with van der Waals surface area (Å²) in [4.78, 5) is 16.8. The molecule has 0 bridgehead atoms. The van der Waals surface area contributed by atoms with Crippen molar-refractivity contribution in [2.24, 2.45) is 4.99 Å². The van der Waals surface area contributed by atoms with Gasteiger partial charge in [-0.15, -0.1) is 10.2 Å². The number of aliphatic imine (C=N–C) groups is 1. The fraction of sp³-hybridized carbons (Fsp3) is 0.200. The third-order valence-electron chi connectivity index (χ3n) is 3.47. The molecule has 6 nitrogen and oxygen atoms in total. The maximum Gasteiger partial charge on any atom is 0.338 e. The average Bonchev–Trinajstić information content (AvgIpc) is 3.08. The molecule has 0 spiro atoms. The molecule has 0 saturated carbocycles. The zero-order valence-corrected chi connectivity index (χ0v) is 15.1. The maximum atomic E-state index is 13.4. The molecule has 2 aromatic rings. The van der Waals surface area contributed by atoms with Gasteiger partial charge in [-0.1, -0.05) is 33.3 Å². The van der Waals surface area contributed by atoms with E-state index in [0.29, 0.717) is 32.1 Å². The monoisotopic (exact) mass is 410 g/mol. The Kier molecular flexibility index (Phi) is 4.72. The molecule has 0 aliphatic carbocycles. The number of aromatic nitrogens is 2. The minimum Gasteiger partial charge on any atom is -0.466 e. The van der Waals surface area contributed by atoms with Gasteiger partial charge in [-0.2, -0.15) is 0 Å². The highest BCUT2D eigenvalue weighted by atomic mass is 79.9. The number of hydrogen-bond donors (Lipinski definition) is 1. The average molecular weight is 411 g/mol. The molecule has 24 heavy (non-hydrogen) atoms. The Bertz CT molecular complexity index is 851. The second kappa shape index (κ2) is 6.78. The third-order valence-corrected chi connectivity index (χ3v) is 4.85. The van der Waals surface area contributed by atoms with Crippen LogP contribution in [0.1, 0.15) is 23.5 Å². The van der Waals surface area contributed by atoms with Gasteiger partial charge in [0.15, 0.2) is 10.8 Å². The highest BCUT2D eigenvalue weighted by molar-refractivity contribution is 9.10. The molecule has 1 aromatic heterocycles. The van der Waals surface area contributed by atoms with Crippen molar-refractivity contribution in [2.45, 2.75) is 13.0 Å². The molecular weight excluding hydrogens is 399 g/mol. The van der Waals surface area contributed by atoms with Gasteiger partial charge in [0.1, 0.15) is 17.4 Å². The van der Waals surface area contributed by atoms with Crippen LogP contribution in [0.5, 0.6) is 0 Å². The molecule has 1 aromatic carbocycles. The number of benzene rings is 1. The number of halogens is 2. The van der Waals surface area contributed by atoms with E-state index >= 15 is 0 Å². The van der Waals surface area contributed by atoms with Crippen molar-refractivity contribution >= 4 is 39.1 Å². The number of rotatable bonds is 3. The molecule has 124 valence electrons. The number of nitrogens with one attached hydrogen (secondary N) is 1. The van der Waals surface area contributed by atoms with Gasteiger partial charge in [-0.05, 0) is 24.6 Å². The number of ether oxygens (including phenoxy) is 1. The minimum absolute atomic E-state index is 0.359. The van der Waals surface area contributed by atoms with Crippen LogP contribution in [0.15, 0.2) is 44.4 Å². The molecule has 3 rings (SSSR count). The third kappa shape index (κ3) is 3.09. The normalized spacial score (nSPS) is 17.3. The van der Waals surface area contributed by atoms with E-state index in [-0.39, 0.29) is 5.82 Å². The summed E-state index contributed by atoms with van der Waals surface area (Å²) in [5.74, 6) is -0.377. The van der Waals surface area contributed by atoms with Crippen LogP contribution in [-0.4, -0.2) is 29.1 Å². The van der Waals surface area contributed by atoms with E-state index in [1.165, 1.54) is 30.6 Å². The van der Waals surface area contributed by atoms with Gasteiger partial charge >= 0.3 is 5.97 Å². The van der Waals surface area contributed by atoms with E-state index in [9.17, 15) is 9.18 Å². The maximum absolute atomic E-state index is 13.4. The summed E-state index contributed by atoms with van der Waals surface area (Å²) in [6, 6.07) is 3.61. The predicted molar refractivity (Wildman–Crippen MR) is 91.1 cm³/mol. The lowest BCUT2D eigenvalue weighted by Crippen LogP contribution is -2.32. The second-order valence-electron chi connectivity index (χ2n) is 4.95. The summed E-state index contributed by atoms with van der Waals surface area (Å²) < 4.78 is 18.8. The van der Waals surface area contributed by atoms with E-state index in [2.05, 4.69) is 36.4 Å². The number of esters is 1. The zero-order chi connectivity index (χ0) is 17.3. The number of amidine groups is 1. The number of hydrogen-bond acceptors (Lipinski definition) is 7. The zero-order valence-electron chi connectivity index (χ0n) is 12.7. The molecule has 0 radical (unpaired) electrons. The van der Waals surface area contributed by atoms with Crippen LogP contribution in [-0.2, 0) is 9.53 Å². The van der Waals surface area contributed by atoms with E-state index < -0.39 is 12.0 Å². The first kappa shape index (κ1) is 16.7. The summed E-state index contributed by atoms with van der Waals surface area (Å²) in [6.45, 7) is 1.76. The molecule has 1 unspecified atom stereocenters. The van der Waals surface area contributed by atoms with Crippen LogP contribution in [0.4, 0.5) is 4.39 Å². The molecule has 0 fully saturated rings. The lowest BCUT2D eigenvalue weighted by Gasteiger charge is -2.25. The first-order valence-electron chi connectivity index (χ1n) is 6.86. The van der Waals surface area contributed by atoms with E-state index in [1.54, 1.807) is 18.5 Å².